The van der Waals surface area contributed by atoms with Crippen molar-refractivity contribution in [3.05, 3.63) is 101 Å². The number of hydrogen-bond acceptors (Lipinski definition) is 3. The van der Waals surface area contributed by atoms with Crippen molar-refractivity contribution >= 4 is 27.7 Å². The van der Waals surface area contributed by atoms with Crippen LogP contribution >= 0.6 is 15.9 Å². The van der Waals surface area contributed by atoms with E-state index in [0.29, 0.717) is 25.3 Å². The molecule has 2 amide bonds. The van der Waals surface area contributed by atoms with E-state index in [1.807, 2.05) is 84.9 Å². The summed E-state index contributed by atoms with van der Waals surface area (Å²) in [7, 11) is 0. The van der Waals surface area contributed by atoms with Gasteiger partial charge in [-0.15, -0.1) is 0 Å². The van der Waals surface area contributed by atoms with Crippen LogP contribution in [-0.4, -0.2) is 35.9 Å². The number of benzene rings is 3. The van der Waals surface area contributed by atoms with Crippen molar-refractivity contribution in [2.24, 2.45) is 0 Å². The quantitative estimate of drug-likeness (QED) is 0.324. The summed E-state index contributed by atoms with van der Waals surface area (Å²) in [6.45, 7) is 2.82. The monoisotopic (exact) mass is 522 g/mol. The van der Waals surface area contributed by atoms with Gasteiger partial charge < -0.3 is 15.0 Å². The number of para-hydroxylation sites is 1. The standard InChI is InChI=1S/C28H31BrN2O3/c1-2-3-17-30-28(33)26(19-22-11-6-4-7-12-22)31(20-23-13-10-14-24(29)18-23)27(32)21-34-25-15-8-5-9-16-25/h4-16,18,26H,2-3,17,19-21H2,1H3,(H,30,33)/t26-/m0/s1. The first-order valence-electron chi connectivity index (χ1n) is 11.6. The van der Waals surface area contributed by atoms with Crippen molar-refractivity contribution in [3.8, 4) is 5.75 Å². The van der Waals surface area contributed by atoms with Crippen molar-refractivity contribution in [1.82, 2.24) is 10.2 Å². The first-order chi connectivity index (χ1) is 16.6. The van der Waals surface area contributed by atoms with E-state index in [-0.39, 0.29) is 18.4 Å². The fourth-order valence-electron chi connectivity index (χ4n) is 3.64. The summed E-state index contributed by atoms with van der Waals surface area (Å²) in [6, 6.07) is 26.2. The highest BCUT2D eigenvalue weighted by atomic mass is 79.9. The number of hydrogen-bond donors (Lipinski definition) is 1. The minimum absolute atomic E-state index is 0.147. The van der Waals surface area contributed by atoms with Crippen LogP contribution in [0.25, 0.3) is 0 Å². The van der Waals surface area contributed by atoms with E-state index >= 15 is 0 Å². The molecule has 0 aliphatic heterocycles. The van der Waals surface area contributed by atoms with Gasteiger partial charge in [0, 0.05) is 24.0 Å². The lowest BCUT2D eigenvalue weighted by molar-refractivity contribution is -0.142. The largest absolute Gasteiger partial charge is 0.484 e. The zero-order chi connectivity index (χ0) is 24.2. The average molecular weight is 523 g/mol. The predicted octanol–water partition coefficient (Wildman–Crippen LogP) is 5.38. The Bertz CT molecular complexity index is 1040. The molecular weight excluding hydrogens is 492 g/mol. The molecule has 6 heteroatoms. The topological polar surface area (TPSA) is 58.6 Å². The lowest BCUT2D eigenvalue weighted by Gasteiger charge is -2.31. The zero-order valence-corrected chi connectivity index (χ0v) is 21.0. The Balaban J connectivity index is 1.87. The van der Waals surface area contributed by atoms with E-state index in [1.165, 1.54) is 0 Å². The summed E-state index contributed by atoms with van der Waals surface area (Å²) in [6.07, 6.45) is 2.29. The fourth-order valence-corrected chi connectivity index (χ4v) is 4.08. The van der Waals surface area contributed by atoms with Crippen LogP contribution in [-0.2, 0) is 22.6 Å². The number of halogens is 1. The van der Waals surface area contributed by atoms with E-state index < -0.39 is 6.04 Å². The maximum Gasteiger partial charge on any atom is 0.261 e. The fraction of sp³-hybridized carbons (Fsp3) is 0.286. The van der Waals surface area contributed by atoms with Gasteiger partial charge in [0.1, 0.15) is 11.8 Å². The van der Waals surface area contributed by atoms with Gasteiger partial charge in [-0.2, -0.15) is 0 Å². The molecule has 0 saturated heterocycles. The van der Waals surface area contributed by atoms with Crippen LogP contribution in [0.4, 0.5) is 0 Å². The van der Waals surface area contributed by atoms with Gasteiger partial charge in [-0.1, -0.05) is 89.9 Å². The molecule has 178 valence electrons. The summed E-state index contributed by atoms with van der Waals surface area (Å²) in [5, 5.41) is 3.03. The normalized spacial score (nSPS) is 11.5. The maximum atomic E-state index is 13.5. The third kappa shape index (κ3) is 8.03. The molecule has 3 rings (SSSR count). The Kier molecular flexibility index (Phi) is 10.2. The zero-order valence-electron chi connectivity index (χ0n) is 19.5. The van der Waals surface area contributed by atoms with E-state index in [4.69, 9.17) is 4.74 Å². The number of ether oxygens (including phenoxy) is 1. The van der Waals surface area contributed by atoms with Crippen LogP contribution in [0.2, 0.25) is 0 Å². The molecule has 1 atom stereocenters. The molecule has 0 radical (unpaired) electrons. The molecule has 0 aliphatic carbocycles. The van der Waals surface area contributed by atoms with Crippen LogP contribution in [0.3, 0.4) is 0 Å². The van der Waals surface area contributed by atoms with E-state index in [0.717, 1.165) is 28.4 Å². The molecule has 0 unspecified atom stereocenters. The number of rotatable bonds is 12. The molecule has 5 nitrogen and oxygen atoms in total. The molecule has 0 bridgehead atoms. The Morgan fingerprint density at radius 2 is 1.62 bits per heavy atom. The maximum absolute atomic E-state index is 13.5. The third-order valence-electron chi connectivity index (χ3n) is 5.45. The SMILES string of the molecule is CCCCNC(=O)[C@H](Cc1ccccc1)N(Cc1cccc(Br)c1)C(=O)COc1ccccc1. The van der Waals surface area contributed by atoms with Crippen LogP contribution in [0.1, 0.15) is 30.9 Å². The second-order valence-electron chi connectivity index (χ2n) is 8.10. The number of amides is 2. The van der Waals surface area contributed by atoms with Crippen LogP contribution in [0, 0.1) is 0 Å². The van der Waals surface area contributed by atoms with Gasteiger partial charge in [0.2, 0.25) is 5.91 Å². The smallest absolute Gasteiger partial charge is 0.261 e. The molecule has 0 saturated carbocycles. The average Bonchev–Trinajstić information content (AvgIpc) is 2.86. The highest BCUT2D eigenvalue weighted by Gasteiger charge is 2.30. The first-order valence-corrected chi connectivity index (χ1v) is 12.4. The molecule has 0 spiro atoms. The summed E-state index contributed by atoms with van der Waals surface area (Å²) in [4.78, 5) is 28.5. The minimum atomic E-state index is -0.662. The number of nitrogens with one attached hydrogen (secondary N) is 1. The lowest BCUT2D eigenvalue weighted by Crippen LogP contribution is -2.51. The summed E-state index contributed by atoms with van der Waals surface area (Å²) < 4.78 is 6.68. The van der Waals surface area contributed by atoms with Gasteiger partial charge in [0.25, 0.3) is 5.91 Å². The molecular formula is C28H31BrN2O3. The van der Waals surface area contributed by atoms with E-state index in [9.17, 15) is 9.59 Å². The van der Waals surface area contributed by atoms with Gasteiger partial charge in [0.15, 0.2) is 6.61 Å². The van der Waals surface area contributed by atoms with Crippen molar-refractivity contribution in [3.63, 3.8) is 0 Å². The number of nitrogens with zero attached hydrogens (tertiary/aromatic N) is 1. The van der Waals surface area contributed by atoms with Gasteiger partial charge in [-0.25, -0.2) is 0 Å². The van der Waals surface area contributed by atoms with E-state index in [2.05, 4.69) is 28.2 Å². The molecule has 1 N–H and O–H groups in total. The Labute approximate surface area is 210 Å². The van der Waals surface area contributed by atoms with Crippen LogP contribution in [0.15, 0.2) is 89.4 Å². The lowest BCUT2D eigenvalue weighted by atomic mass is 10.0. The number of carbonyl (C=O) groups excluding carboxylic acids is 2. The minimum Gasteiger partial charge on any atom is -0.484 e. The second kappa shape index (κ2) is 13.6. The molecule has 0 heterocycles. The van der Waals surface area contributed by atoms with Crippen LogP contribution in [0.5, 0.6) is 5.75 Å². The molecule has 3 aromatic rings. The second-order valence-corrected chi connectivity index (χ2v) is 9.02. The molecule has 0 fully saturated rings. The summed E-state index contributed by atoms with van der Waals surface area (Å²) in [5.41, 5.74) is 1.93. The number of unbranched alkanes of at least 4 members (excludes halogenated alkanes) is 1. The van der Waals surface area contributed by atoms with Gasteiger partial charge in [0.05, 0.1) is 0 Å². The Hall–Kier alpha value is -3.12. The number of carbonyl (C=O) groups is 2. The Morgan fingerprint density at radius 3 is 2.29 bits per heavy atom. The van der Waals surface area contributed by atoms with E-state index in [1.54, 1.807) is 4.90 Å². The highest BCUT2D eigenvalue weighted by Crippen LogP contribution is 2.18. The molecule has 3 aromatic carbocycles. The Morgan fingerprint density at radius 1 is 0.941 bits per heavy atom. The summed E-state index contributed by atoms with van der Waals surface area (Å²) in [5.74, 6) is 0.223. The molecule has 34 heavy (non-hydrogen) atoms. The predicted molar refractivity (Wildman–Crippen MR) is 138 cm³/mol. The van der Waals surface area contributed by atoms with Crippen LogP contribution < -0.4 is 10.1 Å². The van der Waals surface area contributed by atoms with Gasteiger partial charge in [-0.05, 0) is 41.8 Å². The first kappa shape index (κ1) is 25.5. The van der Waals surface area contributed by atoms with Gasteiger partial charge in [-0.3, -0.25) is 9.59 Å². The van der Waals surface area contributed by atoms with Crippen molar-refractivity contribution in [1.29, 1.82) is 0 Å². The van der Waals surface area contributed by atoms with Crippen molar-refractivity contribution in [2.75, 3.05) is 13.2 Å². The van der Waals surface area contributed by atoms with Gasteiger partial charge >= 0.3 is 0 Å². The van der Waals surface area contributed by atoms with Crippen molar-refractivity contribution < 1.29 is 14.3 Å². The summed E-state index contributed by atoms with van der Waals surface area (Å²) >= 11 is 3.50. The molecule has 0 aromatic heterocycles. The molecule has 0 aliphatic rings. The highest BCUT2D eigenvalue weighted by molar-refractivity contribution is 9.10. The van der Waals surface area contributed by atoms with Crippen molar-refractivity contribution in [2.45, 2.75) is 38.8 Å². The third-order valence-corrected chi connectivity index (χ3v) is 5.94.